The van der Waals surface area contributed by atoms with Crippen LogP contribution in [0.2, 0.25) is 10.0 Å². The Labute approximate surface area is 146 Å². The first kappa shape index (κ1) is 17.8. The van der Waals surface area contributed by atoms with Crippen LogP contribution in [0.5, 0.6) is 0 Å². The largest absolute Gasteiger partial charge is 0.325 e. The Balaban J connectivity index is 0.00000176. The van der Waals surface area contributed by atoms with E-state index in [0.717, 1.165) is 26.1 Å². The third-order valence-corrected chi connectivity index (χ3v) is 5.05. The molecule has 22 heavy (non-hydrogen) atoms. The average Bonchev–Trinajstić information content (AvgIpc) is 2.90. The van der Waals surface area contributed by atoms with Crippen LogP contribution < -0.4 is 10.6 Å². The fourth-order valence-electron chi connectivity index (χ4n) is 3.24. The van der Waals surface area contributed by atoms with Gasteiger partial charge in [0.25, 0.3) is 0 Å². The summed E-state index contributed by atoms with van der Waals surface area (Å²) in [6.07, 6.45) is 2.35. The van der Waals surface area contributed by atoms with Crippen LogP contribution in [-0.4, -0.2) is 43.0 Å². The van der Waals surface area contributed by atoms with Crippen molar-refractivity contribution in [2.24, 2.45) is 5.92 Å². The molecule has 7 heteroatoms. The highest BCUT2D eigenvalue weighted by Crippen LogP contribution is 2.26. The van der Waals surface area contributed by atoms with Crippen LogP contribution in [0.25, 0.3) is 0 Å². The summed E-state index contributed by atoms with van der Waals surface area (Å²) in [5, 5.41) is 7.35. The van der Waals surface area contributed by atoms with Gasteiger partial charge in [0.05, 0.1) is 16.6 Å². The first-order valence-corrected chi connectivity index (χ1v) is 8.08. The normalized spacial score (nSPS) is 24.5. The van der Waals surface area contributed by atoms with Gasteiger partial charge in [-0.15, -0.1) is 12.4 Å². The minimum Gasteiger partial charge on any atom is -0.325 e. The highest BCUT2D eigenvalue weighted by atomic mass is 35.5. The van der Waals surface area contributed by atoms with E-state index >= 15 is 0 Å². The Morgan fingerprint density at radius 2 is 2.14 bits per heavy atom. The van der Waals surface area contributed by atoms with E-state index in [1.807, 2.05) is 0 Å². The van der Waals surface area contributed by atoms with E-state index in [1.54, 1.807) is 18.2 Å². The molecule has 2 fully saturated rings. The number of carbonyl (C=O) groups is 1. The second-order valence-electron chi connectivity index (χ2n) is 5.81. The molecule has 2 unspecified atom stereocenters. The molecule has 0 radical (unpaired) electrons. The number of amides is 1. The zero-order valence-corrected chi connectivity index (χ0v) is 14.5. The summed E-state index contributed by atoms with van der Waals surface area (Å²) < 4.78 is 0. The molecule has 2 aliphatic rings. The molecular formula is C15H20Cl3N3O. The smallest absolute Gasteiger partial charge is 0.238 e. The molecule has 2 saturated heterocycles. The number of fused-ring (bicyclic) bond motifs is 1. The lowest BCUT2D eigenvalue weighted by molar-refractivity contribution is -0.117. The van der Waals surface area contributed by atoms with E-state index in [4.69, 9.17) is 23.2 Å². The monoisotopic (exact) mass is 363 g/mol. The van der Waals surface area contributed by atoms with Gasteiger partial charge in [-0.1, -0.05) is 23.2 Å². The lowest BCUT2D eigenvalue weighted by atomic mass is 9.93. The molecule has 1 aromatic carbocycles. The molecule has 2 heterocycles. The molecule has 2 aliphatic heterocycles. The SMILES string of the molecule is Cl.O=C(CN1CCC2NCCC2C1)Nc1ccc(Cl)c(Cl)c1. The summed E-state index contributed by atoms with van der Waals surface area (Å²) in [5.74, 6) is 0.689. The van der Waals surface area contributed by atoms with Crippen LogP contribution in [0.15, 0.2) is 18.2 Å². The van der Waals surface area contributed by atoms with Crippen LogP contribution >= 0.6 is 35.6 Å². The van der Waals surface area contributed by atoms with Gasteiger partial charge in [-0.05, 0) is 43.5 Å². The van der Waals surface area contributed by atoms with Crippen molar-refractivity contribution in [3.63, 3.8) is 0 Å². The Hall–Kier alpha value is -0.520. The lowest BCUT2D eigenvalue weighted by Gasteiger charge is -2.34. The summed E-state index contributed by atoms with van der Waals surface area (Å²) in [6, 6.07) is 5.78. The molecule has 122 valence electrons. The molecule has 2 atom stereocenters. The summed E-state index contributed by atoms with van der Waals surface area (Å²) in [5.41, 5.74) is 0.687. The van der Waals surface area contributed by atoms with Crippen LogP contribution in [0, 0.1) is 5.92 Å². The zero-order chi connectivity index (χ0) is 14.8. The van der Waals surface area contributed by atoms with Crippen molar-refractivity contribution >= 4 is 47.2 Å². The number of hydrogen-bond acceptors (Lipinski definition) is 3. The van der Waals surface area contributed by atoms with Gasteiger partial charge < -0.3 is 10.6 Å². The second kappa shape index (κ2) is 7.84. The maximum absolute atomic E-state index is 12.1. The maximum Gasteiger partial charge on any atom is 0.238 e. The topological polar surface area (TPSA) is 44.4 Å². The van der Waals surface area contributed by atoms with E-state index in [-0.39, 0.29) is 18.3 Å². The molecule has 4 nitrogen and oxygen atoms in total. The van der Waals surface area contributed by atoms with Gasteiger partial charge in [-0.3, -0.25) is 9.69 Å². The van der Waals surface area contributed by atoms with Crippen molar-refractivity contribution in [1.82, 2.24) is 10.2 Å². The quantitative estimate of drug-likeness (QED) is 0.866. The molecule has 2 N–H and O–H groups in total. The Bertz CT molecular complexity index is 541. The second-order valence-corrected chi connectivity index (χ2v) is 6.62. The van der Waals surface area contributed by atoms with Crippen molar-refractivity contribution in [2.75, 3.05) is 31.5 Å². The molecular weight excluding hydrogens is 345 g/mol. The first-order valence-electron chi connectivity index (χ1n) is 7.32. The summed E-state index contributed by atoms with van der Waals surface area (Å²) >= 11 is 11.8. The van der Waals surface area contributed by atoms with E-state index in [9.17, 15) is 4.79 Å². The van der Waals surface area contributed by atoms with Gasteiger partial charge in [-0.25, -0.2) is 0 Å². The van der Waals surface area contributed by atoms with Crippen molar-refractivity contribution in [3.8, 4) is 0 Å². The van der Waals surface area contributed by atoms with Gasteiger partial charge in [0.1, 0.15) is 0 Å². The van der Waals surface area contributed by atoms with E-state index in [0.29, 0.717) is 34.2 Å². The number of likely N-dealkylation sites (tertiary alicyclic amines) is 1. The predicted octanol–water partition coefficient (Wildman–Crippen LogP) is 3.04. The van der Waals surface area contributed by atoms with Gasteiger partial charge in [0.15, 0.2) is 0 Å². The number of anilines is 1. The fraction of sp³-hybridized carbons (Fsp3) is 0.533. The molecule has 1 aromatic rings. The molecule has 0 spiro atoms. The number of benzene rings is 1. The van der Waals surface area contributed by atoms with Gasteiger partial charge >= 0.3 is 0 Å². The minimum atomic E-state index is -0.00204. The third-order valence-electron chi connectivity index (χ3n) is 4.31. The van der Waals surface area contributed by atoms with Crippen molar-refractivity contribution < 1.29 is 4.79 Å². The molecule has 1 amide bonds. The summed E-state index contributed by atoms with van der Waals surface area (Å²) in [6.45, 7) is 3.53. The summed E-state index contributed by atoms with van der Waals surface area (Å²) in [7, 11) is 0. The van der Waals surface area contributed by atoms with Crippen molar-refractivity contribution in [1.29, 1.82) is 0 Å². The summed E-state index contributed by atoms with van der Waals surface area (Å²) in [4.78, 5) is 14.4. The average molecular weight is 365 g/mol. The lowest BCUT2D eigenvalue weighted by Crippen LogP contribution is -2.46. The van der Waals surface area contributed by atoms with Crippen molar-refractivity contribution in [3.05, 3.63) is 28.2 Å². The number of hydrogen-bond donors (Lipinski definition) is 2. The zero-order valence-electron chi connectivity index (χ0n) is 12.1. The first-order chi connectivity index (χ1) is 10.1. The number of carbonyl (C=O) groups excluding carboxylic acids is 1. The fourth-order valence-corrected chi connectivity index (χ4v) is 3.54. The number of nitrogens with zero attached hydrogens (tertiary/aromatic N) is 1. The number of halogens is 3. The Morgan fingerprint density at radius 1 is 1.32 bits per heavy atom. The molecule has 0 aromatic heterocycles. The van der Waals surface area contributed by atoms with Gasteiger partial charge in [0.2, 0.25) is 5.91 Å². The van der Waals surface area contributed by atoms with E-state index < -0.39 is 0 Å². The molecule has 0 saturated carbocycles. The number of rotatable bonds is 3. The standard InChI is InChI=1S/C15H19Cl2N3O.ClH/c16-12-2-1-11(7-13(12)17)19-15(21)9-20-6-4-14-10(8-20)3-5-18-14;/h1-2,7,10,14,18H,3-6,8-9H2,(H,19,21);1H. The molecule has 0 bridgehead atoms. The molecule has 3 rings (SSSR count). The van der Waals surface area contributed by atoms with Crippen LogP contribution in [0.1, 0.15) is 12.8 Å². The van der Waals surface area contributed by atoms with Gasteiger partial charge in [0, 0.05) is 24.8 Å². The highest BCUT2D eigenvalue weighted by Gasteiger charge is 2.32. The highest BCUT2D eigenvalue weighted by molar-refractivity contribution is 6.42. The van der Waals surface area contributed by atoms with Crippen LogP contribution in [-0.2, 0) is 4.79 Å². The predicted molar refractivity (Wildman–Crippen MR) is 93.3 cm³/mol. The number of piperidine rings is 1. The molecule has 0 aliphatic carbocycles. The number of nitrogens with one attached hydrogen (secondary N) is 2. The van der Waals surface area contributed by atoms with Crippen LogP contribution in [0.3, 0.4) is 0 Å². The van der Waals surface area contributed by atoms with Crippen LogP contribution in [0.4, 0.5) is 5.69 Å². The third kappa shape index (κ3) is 4.27. The maximum atomic E-state index is 12.1. The van der Waals surface area contributed by atoms with E-state index in [2.05, 4.69) is 15.5 Å². The Kier molecular flexibility index (Phi) is 6.36. The van der Waals surface area contributed by atoms with Gasteiger partial charge in [-0.2, -0.15) is 0 Å². The Morgan fingerprint density at radius 3 is 2.91 bits per heavy atom. The minimum absolute atomic E-state index is 0. The van der Waals surface area contributed by atoms with Crippen molar-refractivity contribution in [2.45, 2.75) is 18.9 Å². The van der Waals surface area contributed by atoms with E-state index in [1.165, 1.54) is 6.42 Å².